The summed E-state index contributed by atoms with van der Waals surface area (Å²) in [5.74, 6) is 0. The third-order valence-corrected chi connectivity index (χ3v) is 12.9. The molecule has 1 heterocycles. The van der Waals surface area contributed by atoms with Gasteiger partial charge in [0.15, 0.2) is 11.9 Å². The number of nitrogens with zero attached hydrogens (tertiary/aromatic N) is 1. The van der Waals surface area contributed by atoms with Gasteiger partial charge in [-0.25, -0.2) is 4.57 Å². The van der Waals surface area contributed by atoms with E-state index in [1.165, 1.54) is 295 Å². The summed E-state index contributed by atoms with van der Waals surface area (Å²) in [4.78, 5) is 0. The van der Waals surface area contributed by atoms with E-state index >= 15 is 0 Å². The molecule has 1 heteroatoms. The highest BCUT2D eigenvalue weighted by molar-refractivity contribution is 5.16. The molecule has 324 valence electrons. The Morgan fingerprint density at radius 2 is 0.545 bits per heavy atom. The molecule has 1 aromatic heterocycles. The van der Waals surface area contributed by atoms with Gasteiger partial charge >= 0.3 is 0 Å². The minimum Gasteiger partial charge on any atom is -0.202 e. The Labute approximate surface area is 349 Å². The fraction of sp³-hybridized carbons (Fsp3) is 0.907. The quantitative estimate of drug-likeness (QED) is 0.0460. The smallest absolute Gasteiger partial charge is 0.184 e. The Morgan fingerprint density at radius 1 is 0.291 bits per heavy atom. The Kier molecular flexibility index (Phi) is 42.0. The van der Waals surface area contributed by atoms with Crippen molar-refractivity contribution in [3.8, 4) is 0 Å². The molecule has 0 aliphatic carbocycles. The van der Waals surface area contributed by atoms with Gasteiger partial charge in [-0.1, -0.05) is 271 Å². The van der Waals surface area contributed by atoms with Crippen LogP contribution in [0.2, 0.25) is 0 Å². The Morgan fingerprint density at radius 3 is 0.855 bits per heavy atom. The summed E-state index contributed by atoms with van der Waals surface area (Å²) in [5.41, 5.74) is 3.37. The summed E-state index contributed by atoms with van der Waals surface area (Å²) in [7, 11) is 0. The van der Waals surface area contributed by atoms with Crippen LogP contribution in [0.1, 0.15) is 308 Å². The second kappa shape index (κ2) is 44.3. The van der Waals surface area contributed by atoms with E-state index in [-0.39, 0.29) is 0 Å². The summed E-state index contributed by atoms with van der Waals surface area (Å²) < 4.78 is 2.70. The second-order valence-corrected chi connectivity index (χ2v) is 18.3. The topological polar surface area (TPSA) is 3.88 Å². The van der Waals surface area contributed by atoms with Crippen LogP contribution < -0.4 is 4.57 Å². The van der Waals surface area contributed by atoms with Crippen molar-refractivity contribution in [2.24, 2.45) is 0 Å². The standard InChI is InChI=1S/C54H104N/c1-4-7-10-13-16-19-22-25-28-31-34-37-40-43-46-51-55-52-47-49-53(48-44-41-38-35-32-29-26-23-20-17-14-11-8-5-2)54(55)50-45-42-39-36-33-30-27-24-21-18-15-12-9-6-3/h47,49,52H,4-46,48,50-51H2,1-3H3/q+1. The van der Waals surface area contributed by atoms with Gasteiger partial charge in [0.05, 0.1) is 0 Å². The van der Waals surface area contributed by atoms with E-state index in [2.05, 4.69) is 43.7 Å². The van der Waals surface area contributed by atoms with Crippen LogP contribution in [0, 0.1) is 0 Å². The van der Waals surface area contributed by atoms with Gasteiger partial charge < -0.3 is 0 Å². The van der Waals surface area contributed by atoms with Gasteiger partial charge in [0.1, 0.15) is 6.54 Å². The van der Waals surface area contributed by atoms with E-state index in [0.29, 0.717) is 0 Å². The van der Waals surface area contributed by atoms with Crippen LogP contribution in [0.3, 0.4) is 0 Å². The zero-order chi connectivity index (χ0) is 39.4. The van der Waals surface area contributed by atoms with Gasteiger partial charge in [0, 0.05) is 24.5 Å². The highest BCUT2D eigenvalue weighted by atomic mass is 15.0. The molecule has 1 nitrogen and oxygen atoms in total. The number of aryl methyl sites for hydroxylation is 2. The highest BCUT2D eigenvalue weighted by Crippen LogP contribution is 2.19. The maximum atomic E-state index is 2.70. The number of hydrogen-bond acceptors (Lipinski definition) is 0. The molecule has 0 N–H and O–H groups in total. The van der Waals surface area contributed by atoms with Crippen molar-refractivity contribution in [2.45, 2.75) is 316 Å². The first-order chi connectivity index (χ1) is 27.3. The minimum atomic E-state index is 1.23. The van der Waals surface area contributed by atoms with Gasteiger partial charge in [-0.3, -0.25) is 0 Å². The fourth-order valence-corrected chi connectivity index (χ4v) is 9.03. The number of unbranched alkanes of at least 4 members (excludes halogenated alkanes) is 40. The maximum absolute atomic E-state index is 2.70. The molecule has 55 heavy (non-hydrogen) atoms. The molecule has 1 aromatic rings. The van der Waals surface area contributed by atoms with Crippen LogP contribution in [-0.4, -0.2) is 0 Å². The first-order valence-electron chi connectivity index (χ1n) is 26.3. The normalized spacial score (nSPS) is 11.6. The molecule has 0 fully saturated rings. The molecular formula is C54H104N+. The van der Waals surface area contributed by atoms with Crippen LogP contribution in [0.4, 0.5) is 0 Å². The van der Waals surface area contributed by atoms with Crippen molar-refractivity contribution in [3.63, 3.8) is 0 Å². The first kappa shape index (κ1) is 52.2. The van der Waals surface area contributed by atoms with Gasteiger partial charge in [-0.15, -0.1) is 0 Å². The van der Waals surface area contributed by atoms with Gasteiger partial charge in [0.2, 0.25) is 0 Å². The number of hydrogen-bond donors (Lipinski definition) is 0. The average Bonchev–Trinajstić information content (AvgIpc) is 3.20. The summed E-state index contributed by atoms with van der Waals surface area (Å²) in [5, 5.41) is 0. The maximum Gasteiger partial charge on any atom is 0.184 e. The Hall–Kier alpha value is -0.850. The van der Waals surface area contributed by atoms with E-state index in [9.17, 15) is 0 Å². The van der Waals surface area contributed by atoms with E-state index in [1.54, 1.807) is 11.3 Å². The van der Waals surface area contributed by atoms with Crippen molar-refractivity contribution in [1.82, 2.24) is 0 Å². The van der Waals surface area contributed by atoms with Crippen LogP contribution in [0.5, 0.6) is 0 Å². The highest BCUT2D eigenvalue weighted by Gasteiger charge is 2.15. The summed E-state index contributed by atoms with van der Waals surface area (Å²) in [6, 6.07) is 4.86. The molecule has 0 aliphatic rings. The molecule has 0 amide bonds. The third-order valence-electron chi connectivity index (χ3n) is 12.9. The number of aromatic nitrogens is 1. The summed E-state index contributed by atoms with van der Waals surface area (Å²) >= 11 is 0. The Bertz CT molecular complexity index is 859. The predicted molar refractivity (Wildman–Crippen MR) is 250 cm³/mol. The van der Waals surface area contributed by atoms with Crippen molar-refractivity contribution >= 4 is 0 Å². The zero-order valence-corrected chi connectivity index (χ0v) is 38.7. The first-order valence-corrected chi connectivity index (χ1v) is 26.3. The van der Waals surface area contributed by atoms with Crippen molar-refractivity contribution in [3.05, 3.63) is 29.6 Å². The number of rotatable bonds is 46. The minimum absolute atomic E-state index is 1.23. The molecule has 1 rings (SSSR count). The zero-order valence-electron chi connectivity index (χ0n) is 38.7. The fourth-order valence-electron chi connectivity index (χ4n) is 9.03. The lowest BCUT2D eigenvalue weighted by Gasteiger charge is -2.11. The van der Waals surface area contributed by atoms with Gasteiger partial charge in [0.25, 0.3) is 0 Å². The Balaban J connectivity index is 2.33. The molecular weight excluding hydrogens is 663 g/mol. The molecule has 0 unspecified atom stereocenters. The van der Waals surface area contributed by atoms with Crippen molar-refractivity contribution in [1.29, 1.82) is 0 Å². The molecule has 0 atom stereocenters. The monoisotopic (exact) mass is 767 g/mol. The van der Waals surface area contributed by atoms with Crippen LogP contribution in [0.15, 0.2) is 18.3 Å². The largest absolute Gasteiger partial charge is 0.202 e. The second-order valence-electron chi connectivity index (χ2n) is 18.3. The SMILES string of the molecule is CCCCCCCCCCCCCCCCC[n+]1cccc(CCCCCCCCCCCCCCCC)c1CCCCCCCCCCCCCCCC. The van der Waals surface area contributed by atoms with Gasteiger partial charge in [-0.2, -0.15) is 0 Å². The molecule has 0 spiro atoms. The van der Waals surface area contributed by atoms with E-state index in [4.69, 9.17) is 0 Å². The van der Waals surface area contributed by atoms with Crippen LogP contribution in [0.25, 0.3) is 0 Å². The lowest BCUT2D eigenvalue weighted by Crippen LogP contribution is -2.39. The molecule has 0 aliphatic heterocycles. The molecule has 0 saturated carbocycles. The van der Waals surface area contributed by atoms with Crippen LogP contribution in [-0.2, 0) is 19.4 Å². The van der Waals surface area contributed by atoms with E-state index in [1.807, 2.05) is 0 Å². The molecule has 0 bridgehead atoms. The third kappa shape index (κ3) is 36.0. The lowest BCUT2D eigenvalue weighted by atomic mass is 9.99. The summed E-state index contributed by atoms with van der Waals surface area (Å²) in [6.07, 6.45) is 67.2. The van der Waals surface area contributed by atoms with E-state index < -0.39 is 0 Å². The van der Waals surface area contributed by atoms with E-state index in [0.717, 1.165) is 0 Å². The summed E-state index contributed by atoms with van der Waals surface area (Å²) in [6.45, 7) is 8.19. The van der Waals surface area contributed by atoms with Crippen molar-refractivity contribution < 1.29 is 4.57 Å². The van der Waals surface area contributed by atoms with Crippen molar-refractivity contribution in [2.75, 3.05) is 0 Å². The molecule has 0 saturated heterocycles. The van der Waals surface area contributed by atoms with Gasteiger partial charge in [-0.05, 0) is 31.7 Å². The molecule has 0 radical (unpaired) electrons. The number of pyridine rings is 1. The molecule has 0 aromatic carbocycles. The lowest BCUT2D eigenvalue weighted by molar-refractivity contribution is -0.705. The predicted octanol–water partition coefficient (Wildman–Crippen LogP) is 18.9. The van der Waals surface area contributed by atoms with Crippen LogP contribution >= 0.6 is 0 Å². The average molecular weight is 767 g/mol.